The molecule has 3 aromatic heterocycles. The maximum absolute atomic E-state index is 14.6. The van der Waals surface area contributed by atoms with Crippen molar-refractivity contribution in [2.24, 2.45) is 0 Å². The summed E-state index contributed by atoms with van der Waals surface area (Å²) in [6.07, 6.45) is 0.754. The summed E-state index contributed by atoms with van der Waals surface area (Å²) in [7, 11) is 3.25. The van der Waals surface area contributed by atoms with Crippen molar-refractivity contribution in [3.8, 4) is 73.7 Å². The number of thiophene rings is 1. The summed E-state index contributed by atoms with van der Waals surface area (Å²) >= 11 is 8.86. The van der Waals surface area contributed by atoms with Gasteiger partial charge >= 0.3 is 5.97 Å². The third-order valence-electron chi connectivity index (χ3n) is 14.2. The maximum atomic E-state index is 14.6. The molecule has 416 valence electrons. The molecule has 7 aromatic carbocycles. The minimum absolute atomic E-state index is 0.0184. The average molecular weight is 1150 g/mol. The highest BCUT2D eigenvalue weighted by molar-refractivity contribution is 7.22. The number of nitrogens with zero attached hydrogens (tertiary/aromatic N) is 5. The molecule has 0 radical (unpaired) electrons. The predicted octanol–water partition coefficient (Wildman–Crippen LogP) is 13.8. The highest BCUT2D eigenvalue weighted by Gasteiger charge is 2.39. The molecule has 0 N–H and O–H groups in total. The van der Waals surface area contributed by atoms with Crippen LogP contribution >= 0.6 is 22.9 Å². The normalized spacial score (nSPS) is 14.1. The highest BCUT2D eigenvalue weighted by atomic mass is 35.5. The summed E-state index contributed by atoms with van der Waals surface area (Å²) in [5.41, 5.74) is 5.95. The molecule has 2 aliphatic rings. The van der Waals surface area contributed by atoms with Gasteiger partial charge in [-0.1, -0.05) is 96.5 Å². The van der Waals surface area contributed by atoms with E-state index in [0.717, 1.165) is 21.6 Å². The lowest BCUT2D eigenvalue weighted by atomic mass is 9.80. The van der Waals surface area contributed by atoms with Crippen LogP contribution in [-0.4, -0.2) is 72.2 Å². The van der Waals surface area contributed by atoms with Gasteiger partial charge in [-0.3, -0.25) is 0 Å². The number of benzene rings is 7. The van der Waals surface area contributed by atoms with Crippen molar-refractivity contribution in [3.63, 3.8) is 0 Å². The summed E-state index contributed by atoms with van der Waals surface area (Å²) in [6, 6.07) is 51.7. The quantitative estimate of drug-likeness (QED) is 0.0703. The van der Waals surface area contributed by atoms with Gasteiger partial charge in [-0.15, -0.1) is 11.3 Å². The fourth-order valence-electron chi connectivity index (χ4n) is 10.1. The zero-order valence-electron chi connectivity index (χ0n) is 45.5. The molecule has 2 aliphatic heterocycles. The van der Waals surface area contributed by atoms with Gasteiger partial charge in [0.1, 0.15) is 64.5 Å². The molecule has 14 nitrogen and oxygen atoms in total. The molecule has 0 saturated carbocycles. The van der Waals surface area contributed by atoms with E-state index in [1.54, 1.807) is 88.0 Å². The molecule has 0 spiro atoms. The number of halogens is 2. The molecule has 17 heteroatoms. The zero-order chi connectivity index (χ0) is 57.5. The van der Waals surface area contributed by atoms with Gasteiger partial charge < -0.3 is 37.9 Å². The monoisotopic (exact) mass is 1150 g/mol. The Morgan fingerprint density at radius 2 is 1.52 bits per heavy atom. The van der Waals surface area contributed by atoms with Crippen LogP contribution in [0.15, 0.2) is 176 Å². The van der Waals surface area contributed by atoms with Crippen molar-refractivity contribution in [1.29, 1.82) is 5.26 Å². The smallest absolute Gasteiger partial charge is 0.347 e. The molecule has 0 amide bonds. The topological polar surface area (TPSA) is 166 Å². The van der Waals surface area contributed by atoms with Crippen molar-refractivity contribution < 1.29 is 47.1 Å². The van der Waals surface area contributed by atoms with E-state index in [1.165, 1.54) is 29.8 Å². The number of esters is 1. The molecule has 4 bridgehead atoms. The van der Waals surface area contributed by atoms with Crippen LogP contribution in [-0.2, 0) is 32.9 Å². The largest absolute Gasteiger partial charge is 0.497 e. The van der Waals surface area contributed by atoms with Crippen LogP contribution in [0.25, 0.3) is 43.2 Å². The zero-order valence-corrected chi connectivity index (χ0v) is 47.1. The molecule has 0 saturated heterocycles. The minimum Gasteiger partial charge on any atom is -0.497 e. The standard InChI is InChI=1S/C66H53ClFN5O9S/c1-5-77-65(74)57-34-43-33-51(27-29-55(43)79-36-48-31-32-70-62(73-48)54-14-10-9-11-42(54)35-69)78-37-52(38-80-66(44-12-7-6-8-13-44,45-17-23-49(75-3)24-18-45)46-19-25-50(76-4)26-20-46)81-56-30-28-53(40(2)60(56)67)58-59-63(82-57)71-39-72-64(59)83-61(58)41-15-21-47(68)22-16-41/h6-33,39,52,57H,5,34,36-38H2,1-4H3/t52-,57+/m0/s1. The molecule has 0 aliphatic carbocycles. The second-order valence-electron chi connectivity index (χ2n) is 19.2. The van der Waals surface area contributed by atoms with Gasteiger partial charge in [-0.2, -0.15) is 5.26 Å². The SMILES string of the molecule is CCOC(=O)[C@H]1Cc2cc(ccc2OCc2ccnc(-c3ccccc3C#N)n2)OC[C@@H](COC(c2ccccc2)(c2ccc(OC)cc2)c2ccc(OC)cc2)Oc2ccc(c(C)c2Cl)-c2c(-c3ccc(F)cc3)sc3ncnc(c23)O1. The predicted molar refractivity (Wildman–Crippen MR) is 314 cm³/mol. The van der Waals surface area contributed by atoms with E-state index in [-0.39, 0.29) is 38.7 Å². The van der Waals surface area contributed by atoms with Crippen LogP contribution < -0.4 is 28.4 Å². The first kappa shape index (κ1) is 55.5. The average Bonchev–Trinajstić information content (AvgIpc) is 4.20. The van der Waals surface area contributed by atoms with E-state index in [2.05, 4.69) is 16.0 Å². The van der Waals surface area contributed by atoms with Gasteiger partial charge in [0.2, 0.25) is 12.0 Å². The van der Waals surface area contributed by atoms with Gasteiger partial charge in [-0.05, 0) is 126 Å². The van der Waals surface area contributed by atoms with E-state index >= 15 is 0 Å². The van der Waals surface area contributed by atoms with Crippen LogP contribution in [0.4, 0.5) is 4.39 Å². The van der Waals surface area contributed by atoms with E-state index in [4.69, 9.17) is 59.5 Å². The van der Waals surface area contributed by atoms with Gasteiger partial charge in [0.05, 0.1) is 55.2 Å². The minimum atomic E-state index is -1.30. The third kappa shape index (κ3) is 11.6. The molecule has 83 heavy (non-hydrogen) atoms. The molecule has 2 atom stereocenters. The van der Waals surface area contributed by atoms with Crippen LogP contribution in [0.1, 0.15) is 46.0 Å². The second kappa shape index (κ2) is 24.8. The lowest BCUT2D eigenvalue weighted by Crippen LogP contribution is -2.39. The maximum Gasteiger partial charge on any atom is 0.347 e. The van der Waals surface area contributed by atoms with Crippen LogP contribution in [0.2, 0.25) is 5.02 Å². The Kier molecular flexibility index (Phi) is 16.6. The number of hydrogen-bond donors (Lipinski definition) is 0. The van der Waals surface area contributed by atoms with Gasteiger partial charge in [0.15, 0.2) is 11.9 Å². The Morgan fingerprint density at radius 3 is 2.23 bits per heavy atom. The number of rotatable bonds is 15. The number of hydrogen-bond acceptors (Lipinski definition) is 15. The number of carbonyl (C=O) groups excluding carboxylic acids is 1. The summed E-state index contributed by atoms with van der Waals surface area (Å²) in [6.45, 7) is 3.52. The first-order chi connectivity index (χ1) is 40.6. The van der Waals surface area contributed by atoms with E-state index < -0.39 is 29.6 Å². The first-order valence-corrected chi connectivity index (χ1v) is 27.8. The molecular weight excluding hydrogens is 1090 g/mol. The molecule has 0 unspecified atom stereocenters. The number of aromatic nitrogens is 4. The van der Waals surface area contributed by atoms with Crippen LogP contribution in [0.5, 0.6) is 34.6 Å². The van der Waals surface area contributed by atoms with E-state index in [1.807, 2.05) is 97.9 Å². The molecule has 5 heterocycles. The highest BCUT2D eigenvalue weighted by Crippen LogP contribution is 2.50. The Morgan fingerprint density at radius 1 is 0.807 bits per heavy atom. The fraction of sp³-hybridized carbons (Fsp3) is 0.182. The Labute approximate surface area is 487 Å². The van der Waals surface area contributed by atoms with E-state index in [0.29, 0.717) is 94.4 Å². The van der Waals surface area contributed by atoms with Crippen molar-refractivity contribution in [2.45, 2.75) is 44.7 Å². The first-order valence-electron chi connectivity index (χ1n) is 26.6. The number of fused-ring (bicyclic) bond motifs is 7. The Hall–Kier alpha value is -9.40. The van der Waals surface area contributed by atoms with Crippen molar-refractivity contribution in [1.82, 2.24) is 19.9 Å². The lowest BCUT2D eigenvalue weighted by molar-refractivity contribution is -0.151. The van der Waals surface area contributed by atoms with Gasteiger partial charge in [-0.25, -0.2) is 29.1 Å². The lowest BCUT2D eigenvalue weighted by Gasteiger charge is -2.37. The Balaban J connectivity index is 1.05. The van der Waals surface area contributed by atoms with Gasteiger partial charge in [0.25, 0.3) is 0 Å². The number of nitriles is 1. The number of methoxy groups -OCH3 is 2. The Bertz CT molecular complexity index is 3950. The third-order valence-corrected chi connectivity index (χ3v) is 15.8. The van der Waals surface area contributed by atoms with Crippen molar-refractivity contribution in [3.05, 3.63) is 226 Å². The van der Waals surface area contributed by atoms with Crippen LogP contribution in [0.3, 0.4) is 0 Å². The molecular formula is C66H53ClFN5O9S. The second-order valence-corrected chi connectivity index (χ2v) is 20.6. The summed E-state index contributed by atoms with van der Waals surface area (Å²) < 4.78 is 66.1. The molecule has 10 aromatic rings. The summed E-state index contributed by atoms with van der Waals surface area (Å²) in [5, 5.41) is 10.7. The number of carbonyl (C=O) groups is 1. The van der Waals surface area contributed by atoms with Crippen molar-refractivity contribution >= 4 is 39.1 Å². The molecule has 0 fully saturated rings. The summed E-state index contributed by atoms with van der Waals surface area (Å²) in [4.78, 5) is 34.2. The fourth-order valence-corrected chi connectivity index (χ4v) is 11.4. The van der Waals surface area contributed by atoms with E-state index in [9.17, 15) is 14.4 Å². The van der Waals surface area contributed by atoms with Gasteiger partial charge in [0, 0.05) is 34.2 Å². The summed E-state index contributed by atoms with van der Waals surface area (Å²) in [5.74, 6) is 1.87. The number of ether oxygens (including phenoxy) is 8. The van der Waals surface area contributed by atoms with Crippen LogP contribution in [0, 0.1) is 24.1 Å². The van der Waals surface area contributed by atoms with Crippen molar-refractivity contribution in [2.75, 3.05) is 34.0 Å². The molecule has 12 rings (SSSR count).